The highest BCUT2D eigenvalue weighted by atomic mass is 16.2. The quantitative estimate of drug-likeness (QED) is 0.506. The standard InChI is InChI=1S/C17H24N4O/c1-11(2)10-21-13(4)16(12(3)20-21)9-14-5-7-15(8-6-14)17(22)19-18/h5-8,11H,9-10,18H2,1-4H3,(H,19,22). The Bertz CT molecular complexity index is 656. The van der Waals surface area contributed by atoms with Crippen LogP contribution in [0, 0.1) is 19.8 Å². The number of aryl methyl sites for hydroxylation is 1. The molecule has 0 bridgehead atoms. The molecule has 0 atom stereocenters. The van der Waals surface area contributed by atoms with Crippen molar-refractivity contribution in [2.24, 2.45) is 11.8 Å². The van der Waals surface area contributed by atoms with Crippen LogP contribution in [0.5, 0.6) is 0 Å². The number of aromatic nitrogens is 2. The van der Waals surface area contributed by atoms with Gasteiger partial charge in [-0.1, -0.05) is 26.0 Å². The first kappa shape index (κ1) is 16.2. The molecule has 0 radical (unpaired) electrons. The van der Waals surface area contributed by atoms with Crippen molar-refractivity contribution in [1.29, 1.82) is 0 Å². The van der Waals surface area contributed by atoms with Crippen LogP contribution >= 0.6 is 0 Å². The van der Waals surface area contributed by atoms with Gasteiger partial charge in [0.1, 0.15) is 0 Å². The number of hydrazine groups is 1. The van der Waals surface area contributed by atoms with Crippen LogP contribution in [0.1, 0.15) is 46.7 Å². The number of hydrogen-bond acceptors (Lipinski definition) is 3. The number of nitrogens with one attached hydrogen (secondary N) is 1. The van der Waals surface area contributed by atoms with Crippen molar-refractivity contribution >= 4 is 5.91 Å². The second-order valence-electron chi connectivity index (χ2n) is 6.07. The highest BCUT2D eigenvalue weighted by molar-refractivity contribution is 5.93. The van der Waals surface area contributed by atoms with Gasteiger partial charge in [0.05, 0.1) is 5.69 Å². The highest BCUT2D eigenvalue weighted by Gasteiger charge is 2.13. The van der Waals surface area contributed by atoms with E-state index in [1.165, 1.54) is 11.3 Å². The molecule has 0 saturated carbocycles. The predicted octanol–water partition coefficient (Wildman–Crippen LogP) is 2.35. The lowest BCUT2D eigenvalue weighted by atomic mass is 10.0. The minimum absolute atomic E-state index is 0.274. The highest BCUT2D eigenvalue weighted by Crippen LogP contribution is 2.19. The van der Waals surface area contributed by atoms with Gasteiger partial charge >= 0.3 is 0 Å². The largest absolute Gasteiger partial charge is 0.290 e. The fraction of sp³-hybridized carbons (Fsp3) is 0.412. The molecule has 0 aliphatic carbocycles. The summed E-state index contributed by atoms with van der Waals surface area (Å²) in [4.78, 5) is 11.4. The zero-order valence-corrected chi connectivity index (χ0v) is 13.7. The average Bonchev–Trinajstić information content (AvgIpc) is 2.74. The molecule has 0 aliphatic heterocycles. The molecule has 0 aliphatic rings. The summed E-state index contributed by atoms with van der Waals surface area (Å²) in [5, 5.41) is 4.64. The minimum Gasteiger partial charge on any atom is -0.290 e. The first-order chi connectivity index (χ1) is 10.4. The molecule has 1 amide bonds. The van der Waals surface area contributed by atoms with Gasteiger partial charge in [0, 0.05) is 29.8 Å². The van der Waals surface area contributed by atoms with Crippen molar-refractivity contribution in [3.8, 4) is 0 Å². The van der Waals surface area contributed by atoms with Crippen LogP contribution < -0.4 is 11.3 Å². The Kier molecular flexibility index (Phi) is 4.98. The van der Waals surface area contributed by atoms with Crippen LogP contribution in [0.2, 0.25) is 0 Å². The van der Waals surface area contributed by atoms with Crippen LogP contribution in [0.4, 0.5) is 0 Å². The summed E-state index contributed by atoms with van der Waals surface area (Å²) in [6, 6.07) is 7.51. The van der Waals surface area contributed by atoms with E-state index in [-0.39, 0.29) is 5.91 Å². The van der Waals surface area contributed by atoms with E-state index in [4.69, 9.17) is 5.84 Å². The lowest BCUT2D eigenvalue weighted by molar-refractivity contribution is 0.0953. The molecule has 1 aromatic heterocycles. The summed E-state index contributed by atoms with van der Waals surface area (Å²) in [7, 11) is 0. The number of amides is 1. The monoisotopic (exact) mass is 300 g/mol. The van der Waals surface area contributed by atoms with Gasteiger partial charge in [0.15, 0.2) is 0 Å². The van der Waals surface area contributed by atoms with Crippen LogP contribution in [-0.2, 0) is 13.0 Å². The zero-order chi connectivity index (χ0) is 16.3. The van der Waals surface area contributed by atoms with E-state index in [0.29, 0.717) is 11.5 Å². The maximum absolute atomic E-state index is 11.4. The van der Waals surface area contributed by atoms with Gasteiger partial charge in [0.25, 0.3) is 5.91 Å². The number of carbonyl (C=O) groups excluding carboxylic acids is 1. The van der Waals surface area contributed by atoms with Crippen LogP contribution in [0.3, 0.4) is 0 Å². The molecule has 3 N–H and O–H groups in total. The average molecular weight is 300 g/mol. The first-order valence-electron chi connectivity index (χ1n) is 7.55. The number of nitrogen functional groups attached to an aromatic ring is 1. The zero-order valence-electron chi connectivity index (χ0n) is 13.7. The topological polar surface area (TPSA) is 72.9 Å². The second kappa shape index (κ2) is 6.75. The number of hydrogen-bond donors (Lipinski definition) is 2. The molecule has 118 valence electrons. The van der Waals surface area contributed by atoms with Gasteiger partial charge in [-0.25, -0.2) is 5.84 Å². The minimum atomic E-state index is -0.274. The third-order valence-electron chi connectivity index (χ3n) is 3.80. The Morgan fingerprint density at radius 2 is 1.91 bits per heavy atom. The van der Waals surface area contributed by atoms with Gasteiger partial charge in [-0.2, -0.15) is 5.10 Å². The Morgan fingerprint density at radius 1 is 1.27 bits per heavy atom. The van der Waals surface area contributed by atoms with Crippen LogP contribution in [0.15, 0.2) is 24.3 Å². The molecule has 2 aromatic rings. The number of nitrogens with zero attached hydrogens (tertiary/aromatic N) is 2. The molecule has 5 nitrogen and oxygen atoms in total. The number of nitrogens with two attached hydrogens (primary N) is 1. The lowest BCUT2D eigenvalue weighted by Crippen LogP contribution is -2.29. The molecule has 0 fully saturated rings. The van der Waals surface area contributed by atoms with E-state index in [0.717, 1.165) is 24.2 Å². The first-order valence-corrected chi connectivity index (χ1v) is 7.55. The molecular weight excluding hydrogens is 276 g/mol. The Hall–Kier alpha value is -2.14. The number of carbonyl (C=O) groups is 1. The Balaban J connectivity index is 2.20. The van der Waals surface area contributed by atoms with Crippen molar-refractivity contribution in [2.75, 3.05) is 0 Å². The summed E-state index contributed by atoms with van der Waals surface area (Å²) in [6.45, 7) is 9.49. The maximum atomic E-state index is 11.4. The second-order valence-corrected chi connectivity index (χ2v) is 6.07. The van der Waals surface area contributed by atoms with Gasteiger partial charge in [-0.05, 0) is 37.5 Å². The van der Waals surface area contributed by atoms with E-state index in [1.54, 1.807) is 12.1 Å². The fourth-order valence-corrected chi connectivity index (χ4v) is 2.57. The van der Waals surface area contributed by atoms with E-state index in [2.05, 4.69) is 42.9 Å². The third kappa shape index (κ3) is 3.54. The van der Waals surface area contributed by atoms with Crippen molar-refractivity contribution in [3.63, 3.8) is 0 Å². The lowest BCUT2D eigenvalue weighted by Gasteiger charge is -2.08. The summed E-state index contributed by atoms with van der Waals surface area (Å²) in [6.07, 6.45) is 0.820. The van der Waals surface area contributed by atoms with Gasteiger partial charge in [0.2, 0.25) is 0 Å². The van der Waals surface area contributed by atoms with Crippen LogP contribution in [-0.4, -0.2) is 15.7 Å². The molecular formula is C17H24N4O. The van der Waals surface area contributed by atoms with Gasteiger partial charge < -0.3 is 0 Å². The van der Waals surface area contributed by atoms with E-state index < -0.39 is 0 Å². The fourth-order valence-electron chi connectivity index (χ4n) is 2.57. The van der Waals surface area contributed by atoms with E-state index >= 15 is 0 Å². The van der Waals surface area contributed by atoms with Gasteiger partial charge in [-0.15, -0.1) is 0 Å². The van der Waals surface area contributed by atoms with Gasteiger partial charge in [-0.3, -0.25) is 14.9 Å². The summed E-state index contributed by atoms with van der Waals surface area (Å²) >= 11 is 0. The molecule has 5 heteroatoms. The van der Waals surface area contributed by atoms with E-state index in [1.807, 2.05) is 12.1 Å². The molecule has 0 unspecified atom stereocenters. The molecule has 1 aromatic carbocycles. The van der Waals surface area contributed by atoms with E-state index in [9.17, 15) is 4.79 Å². The summed E-state index contributed by atoms with van der Waals surface area (Å²) in [5.74, 6) is 5.43. The summed E-state index contributed by atoms with van der Waals surface area (Å²) < 4.78 is 2.09. The molecule has 2 rings (SSSR count). The smallest absolute Gasteiger partial charge is 0.265 e. The number of rotatable bonds is 5. The van der Waals surface area contributed by atoms with Crippen molar-refractivity contribution in [2.45, 2.75) is 40.7 Å². The SMILES string of the molecule is Cc1nn(CC(C)C)c(C)c1Cc1ccc(C(=O)NN)cc1. The van der Waals surface area contributed by atoms with Crippen molar-refractivity contribution < 1.29 is 4.79 Å². The maximum Gasteiger partial charge on any atom is 0.265 e. The predicted molar refractivity (Wildman–Crippen MR) is 87.4 cm³/mol. The van der Waals surface area contributed by atoms with Crippen molar-refractivity contribution in [1.82, 2.24) is 15.2 Å². The molecule has 1 heterocycles. The van der Waals surface area contributed by atoms with Crippen LogP contribution in [0.25, 0.3) is 0 Å². The number of benzene rings is 1. The normalized spacial score (nSPS) is 11.0. The Labute approximate surface area is 131 Å². The molecule has 22 heavy (non-hydrogen) atoms. The molecule has 0 spiro atoms. The van der Waals surface area contributed by atoms with Crippen molar-refractivity contribution in [3.05, 3.63) is 52.3 Å². The third-order valence-corrected chi connectivity index (χ3v) is 3.80. The molecule has 0 saturated heterocycles. The Morgan fingerprint density at radius 3 is 2.45 bits per heavy atom. The summed E-state index contributed by atoms with van der Waals surface area (Å²) in [5.41, 5.74) is 7.41.